The van der Waals surface area contributed by atoms with Crippen LogP contribution in [0.4, 0.5) is 0 Å². The molecule has 7 heteroatoms. The molecule has 2 heterocycles. The van der Waals surface area contributed by atoms with E-state index < -0.39 is 0 Å². The maximum absolute atomic E-state index is 13.3. The van der Waals surface area contributed by atoms with Crippen molar-refractivity contribution < 1.29 is 23.8 Å². The van der Waals surface area contributed by atoms with Crippen LogP contribution in [-0.2, 0) is 14.3 Å². The molecule has 1 saturated heterocycles. The van der Waals surface area contributed by atoms with E-state index in [-0.39, 0.29) is 11.8 Å². The first-order chi connectivity index (χ1) is 14.0. The van der Waals surface area contributed by atoms with Gasteiger partial charge in [-0.3, -0.25) is 14.5 Å². The van der Waals surface area contributed by atoms with Crippen LogP contribution >= 0.6 is 0 Å². The third-order valence-corrected chi connectivity index (χ3v) is 5.65. The van der Waals surface area contributed by atoms with Crippen molar-refractivity contribution in [1.29, 1.82) is 0 Å². The van der Waals surface area contributed by atoms with Gasteiger partial charge in [0.2, 0.25) is 0 Å². The molecule has 0 radical (unpaired) electrons. The molecule has 0 bridgehead atoms. The Labute approximate surface area is 172 Å². The van der Waals surface area contributed by atoms with Gasteiger partial charge in [0.25, 0.3) is 11.8 Å². The molecular weight excluding hydrogens is 372 g/mol. The van der Waals surface area contributed by atoms with Crippen molar-refractivity contribution in [3.63, 3.8) is 0 Å². The standard InChI is InChI=1S/C22H30N2O5/c1-15-8-11-23(12-9-15)20-19(16-6-7-17(28-3)18(14-16)29-4)21(25)24(22(20)26)10-5-13-27-2/h6-7,14-15H,5,8-13H2,1-4H3. The van der Waals surface area contributed by atoms with Gasteiger partial charge in [-0.2, -0.15) is 0 Å². The molecule has 0 spiro atoms. The SMILES string of the molecule is COCCCN1C(=O)C(c2ccc(OC)c(OC)c2)=C(N2CCC(C)CC2)C1=O. The minimum Gasteiger partial charge on any atom is -0.493 e. The summed E-state index contributed by atoms with van der Waals surface area (Å²) in [4.78, 5) is 30.0. The number of imide groups is 1. The third kappa shape index (κ3) is 4.24. The molecule has 0 aromatic heterocycles. The van der Waals surface area contributed by atoms with E-state index in [9.17, 15) is 9.59 Å². The lowest BCUT2D eigenvalue weighted by molar-refractivity contribution is -0.137. The molecule has 7 nitrogen and oxygen atoms in total. The largest absolute Gasteiger partial charge is 0.493 e. The fourth-order valence-corrected chi connectivity index (χ4v) is 3.91. The second-order valence-corrected chi connectivity index (χ2v) is 7.57. The lowest BCUT2D eigenvalue weighted by atomic mass is 9.97. The van der Waals surface area contributed by atoms with Crippen molar-refractivity contribution in [2.45, 2.75) is 26.2 Å². The highest BCUT2D eigenvalue weighted by Gasteiger charge is 2.42. The number of likely N-dealkylation sites (tertiary alicyclic amines) is 1. The van der Waals surface area contributed by atoms with E-state index in [1.54, 1.807) is 33.5 Å². The summed E-state index contributed by atoms with van der Waals surface area (Å²) < 4.78 is 15.8. The smallest absolute Gasteiger partial charge is 0.277 e. The first kappa shape index (κ1) is 21.2. The van der Waals surface area contributed by atoms with Gasteiger partial charge < -0.3 is 19.1 Å². The number of hydrogen-bond acceptors (Lipinski definition) is 6. The average molecular weight is 402 g/mol. The molecule has 29 heavy (non-hydrogen) atoms. The van der Waals surface area contributed by atoms with E-state index >= 15 is 0 Å². The van der Waals surface area contributed by atoms with Gasteiger partial charge >= 0.3 is 0 Å². The summed E-state index contributed by atoms with van der Waals surface area (Å²) in [5.41, 5.74) is 1.62. The Balaban J connectivity index is 2.01. The molecule has 0 atom stereocenters. The minimum absolute atomic E-state index is 0.217. The Hall–Kier alpha value is -2.54. The molecule has 2 aliphatic heterocycles. The van der Waals surface area contributed by atoms with Crippen LogP contribution in [0.3, 0.4) is 0 Å². The van der Waals surface area contributed by atoms with Crippen LogP contribution < -0.4 is 9.47 Å². The Morgan fingerprint density at radius 1 is 1.00 bits per heavy atom. The number of rotatable bonds is 8. The number of piperidine rings is 1. The number of hydrogen-bond donors (Lipinski definition) is 0. The maximum atomic E-state index is 13.3. The maximum Gasteiger partial charge on any atom is 0.277 e. The fourth-order valence-electron chi connectivity index (χ4n) is 3.91. The molecule has 1 aromatic rings. The van der Waals surface area contributed by atoms with Gasteiger partial charge in [0.05, 0.1) is 19.8 Å². The molecule has 0 saturated carbocycles. The van der Waals surface area contributed by atoms with Crippen molar-refractivity contribution in [1.82, 2.24) is 9.80 Å². The van der Waals surface area contributed by atoms with E-state index in [1.165, 1.54) is 4.90 Å². The van der Waals surface area contributed by atoms with Gasteiger partial charge in [0.1, 0.15) is 5.70 Å². The van der Waals surface area contributed by atoms with Crippen molar-refractivity contribution in [2.24, 2.45) is 5.92 Å². The van der Waals surface area contributed by atoms with Crippen LogP contribution in [0, 0.1) is 5.92 Å². The molecule has 1 aromatic carbocycles. The molecule has 2 aliphatic rings. The predicted octanol–water partition coefficient (Wildman–Crippen LogP) is 2.55. The second kappa shape index (κ2) is 9.31. The van der Waals surface area contributed by atoms with Gasteiger partial charge in [0, 0.05) is 33.4 Å². The highest BCUT2D eigenvalue weighted by atomic mass is 16.5. The van der Waals surface area contributed by atoms with Crippen LogP contribution in [0.25, 0.3) is 5.57 Å². The Kier molecular flexibility index (Phi) is 6.79. The van der Waals surface area contributed by atoms with E-state index in [1.807, 2.05) is 6.07 Å². The lowest BCUT2D eigenvalue weighted by Gasteiger charge is -2.32. The van der Waals surface area contributed by atoms with E-state index in [4.69, 9.17) is 14.2 Å². The predicted molar refractivity (Wildman–Crippen MR) is 110 cm³/mol. The Morgan fingerprint density at radius 3 is 2.31 bits per heavy atom. The number of amides is 2. The molecule has 1 fully saturated rings. The van der Waals surface area contributed by atoms with Crippen molar-refractivity contribution in [3.05, 3.63) is 29.5 Å². The molecule has 0 unspecified atom stereocenters. The van der Waals surface area contributed by atoms with Crippen LogP contribution in [0.5, 0.6) is 11.5 Å². The number of methoxy groups -OCH3 is 3. The van der Waals surface area contributed by atoms with E-state index in [2.05, 4.69) is 11.8 Å². The second-order valence-electron chi connectivity index (χ2n) is 7.57. The Bertz CT molecular complexity index is 796. The normalized spacial score (nSPS) is 18.1. The topological polar surface area (TPSA) is 68.3 Å². The molecule has 2 amide bonds. The highest BCUT2D eigenvalue weighted by Crippen LogP contribution is 2.37. The number of ether oxygens (including phenoxy) is 3. The number of carbonyl (C=O) groups excluding carboxylic acids is 2. The highest BCUT2D eigenvalue weighted by molar-refractivity contribution is 6.35. The quantitative estimate of drug-likeness (QED) is 0.492. The first-order valence-corrected chi connectivity index (χ1v) is 10.1. The summed E-state index contributed by atoms with van der Waals surface area (Å²) in [5.74, 6) is 1.26. The molecular formula is C22H30N2O5. The van der Waals surface area contributed by atoms with Crippen molar-refractivity contribution in [3.8, 4) is 11.5 Å². The zero-order valence-corrected chi connectivity index (χ0v) is 17.7. The fraction of sp³-hybridized carbons (Fsp3) is 0.545. The van der Waals surface area contributed by atoms with E-state index in [0.717, 1.165) is 25.9 Å². The molecule has 158 valence electrons. The zero-order valence-electron chi connectivity index (χ0n) is 17.7. The number of nitrogens with zero attached hydrogens (tertiary/aromatic N) is 2. The summed E-state index contributed by atoms with van der Waals surface area (Å²) in [6, 6.07) is 5.35. The number of benzene rings is 1. The number of carbonyl (C=O) groups is 2. The van der Waals surface area contributed by atoms with Crippen molar-refractivity contribution >= 4 is 17.4 Å². The van der Waals surface area contributed by atoms with Crippen LogP contribution in [0.1, 0.15) is 31.7 Å². The summed E-state index contributed by atoms with van der Waals surface area (Å²) in [6.07, 6.45) is 2.62. The molecule has 0 aliphatic carbocycles. The van der Waals surface area contributed by atoms with Crippen LogP contribution in [0.2, 0.25) is 0 Å². The summed E-state index contributed by atoms with van der Waals surface area (Å²) in [5, 5.41) is 0. The lowest BCUT2D eigenvalue weighted by Crippen LogP contribution is -2.39. The molecule has 3 rings (SSSR count). The van der Waals surface area contributed by atoms with Gasteiger partial charge in [-0.25, -0.2) is 0 Å². The average Bonchev–Trinajstić information content (AvgIpc) is 2.98. The van der Waals surface area contributed by atoms with Gasteiger partial charge in [-0.05, 0) is 42.9 Å². The first-order valence-electron chi connectivity index (χ1n) is 10.1. The summed E-state index contributed by atoms with van der Waals surface area (Å²) in [7, 11) is 4.74. The van der Waals surface area contributed by atoms with E-state index in [0.29, 0.717) is 53.8 Å². The van der Waals surface area contributed by atoms with Crippen molar-refractivity contribution in [2.75, 3.05) is 47.6 Å². The van der Waals surface area contributed by atoms with Gasteiger partial charge in [0.15, 0.2) is 11.5 Å². The molecule has 0 N–H and O–H groups in total. The Morgan fingerprint density at radius 2 is 1.69 bits per heavy atom. The van der Waals surface area contributed by atoms with Crippen LogP contribution in [-0.4, -0.2) is 69.2 Å². The van der Waals surface area contributed by atoms with Crippen LogP contribution in [0.15, 0.2) is 23.9 Å². The monoisotopic (exact) mass is 402 g/mol. The third-order valence-electron chi connectivity index (χ3n) is 5.65. The zero-order chi connectivity index (χ0) is 21.0. The summed E-state index contributed by atoms with van der Waals surface area (Å²) in [6.45, 7) is 4.62. The minimum atomic E-state index is -0.257. The van der Waals surface area contributed by atoms with Gasteiger partial charge in [-0.1, -0.05) is 13.0 Å². The summed E-state index contributed by atoms with van der Waals surface area (Å²) >= 11 is 0. The van der Waals surface area contributed by atoms with Gasteiger partial charge in [-0.15, -0.1) is 0 Å².